The molecule has 0 aliphatic heterocycles. The highest BCUT2D eigenvalue weighted by Crippen LogP contribution is 1.81. The topological polar surface area (TPSA) is 50.7 Å². The number of amides is 1. The second kappa shape index (κ2) is 4.55. The highest BCUT2D eigenvalue weighted by atomic mass is 16.7. The van der Waals surface area contributed by atoms with E-state index in [0.717, 1.165) is 0 Å². The van der Waals surface area contributed by atoms with Crippen molar-refractivity contribution in [3.63, 3.8) is 0 Å². The maximum absolute atomic E-state index is 10.4. The summed E-state index contributed by atoms with van der Waals surface area (Å²) in [5.41, 5.74) is 0.559. The van der Waals surface area contributed by atoms with E-state index in [0.29, 0.717) is 5.71 Å². The average molecular weight is 142 g/mol. The largest absolute Gasteiger partial charge is 0.433 e. The van der Waals surface area contributed by atoms with E-state index in [2.05, 4.69) is 21.9 Å². The molecule has 4 nitrogen and oxygen atoms in total. The van der Waals surface area contributed by atoms with E-state index in [9.17, 15) is 4.79 Å². The van der Waals surface area contributed by atoms with Crippen molar-refractivity contribution in [3.8, 4) is 0 Å². The van der Waals surface area contributed by atoms with Gasteiger partial charge >= 0.3 is 6.09 Å². The standard InChI is InChI=1S/C6H10N2O2/c1-4-5(2)8-10-6(9)7-3/h4H,1H2,2-3H3,(H,7,9)/b8-5+. The fourth-order valence-corrected chi connectivity index (χ4v) is 0.196. The predicted molar refractivity (Wildman–Crippen MR) is 38.8 cm³/mol. The van der Waals surface area contributed by atoms with Gasteiger partial charge in [0, 0.05) is 7.05 Å². The second-order valence-corrected chi connectivity index (χ2v) is 1.57. The minimum Gasteiger partial charge on any atom is -0.323 e. The zero-order chi connectivity index (χ0) is 7.98. The zero-order valence-corrected chi connectivity index (χ0v) is 6.05. The Balaban J connectivity index is 3.71. The molecule has 0 radical (unpaired) electrons. The maximum Gasteiger partial charge on any atom is 0.433 e. The molecule has 0 aromatic carbocycles. The Bertz CT molecular complexity index is 163. The van der Waals surface area contributed by atoms with Gasteiger partial charge in [0.05, 0.1) is 5.71 Å². The van der Waals surface area contributed by atoms with Crippen molar-refractivity contribution in [1.82, 2.24) is 5.32 Å². The van der Waals surface area contributed by atoms with E-state index >= 15 is 0 Å². The summed E-state index contributed by atoms with van der Waals surface area (Å²) in [6.45, 7) is 5.10. The molecule has 0 rings (SSSR count). The van der Waals surface area contributed by atoms with Crippen LogP contribution in [0.5, 0.6) is 0 Å². The summed E-state index contributed by atoms with van der Waals surface area (Å²) in [7, 11) is 1.46. The van der Waals surface area contributed by atoms with Gasteiger partial charge in [0.15, 0.2) is 0 Å². The number of nitrogens with zero attached hydrogens (tertiary/aromatic N) is 1. The van der Waals surface area contributed by atoms with Gasteiger partial charge < -0.3 is 5.32 Å². The summed E-state index contributed by atoms with van der Waals surface area (Å²) in [6.07, 6.45) is 0.907. The molecular weight excluding hydrogens is 132 g/mol. The second-order valence-electron chi connectivity index (χ2n) is 1.57. The smallest absolute Gasteiger partial charge is 0.323 e. The number of hydrogen-bond donors (Lipinski definition) is 1. The quantitative estimate of drug-likeness (QED) is 0.354. The number of rotatable bonds is 2. The fraction of sp³-hybridized carbons (Fsp3) is 0.333. The third kappa shape index (κ3) is 3.65. The molecule has 1 amide bonds. The maximum atomic E-state index is 10.4. The lowest BCUT2D eigenvalue weighted by Crippen LogP contribution is -2.17. The molecule has 0 fully saturated rings. The summed E-state index contributed by atoms with van der Waals surface area (Å²) < 4.78 is 0. The third-order valence-electron chi connectivity index (χ3n) is 0.772. The van der Waals surface area contributed by atoms with Gasteiger partial charge in [-0.05, 0) is 13.0 Å². The Labute approximate surface area is 59.5 Å². The Hall–Kier alpha value is -1.32. The lowest BCUT2D eigenvalue weighted by molar-refractivity contribution is 0.153. The van der Waals surface area contributed by atoms with Crippen molar-refractivity contribution < 1.29 is 9.63 Å². The normalized spacial score (nSPS) is 10.4. The van der Waals surface area contributed by atoms with E-state index in [4.69, 9.17) is 0 Å². The molecule has 0 aromatic rings. The van der Waals surface area contributed by atoms with E-state index < -0.39 is 6.09 Å². The minimum absolute atomic E-state index is 0.559. The Morgan fingerprint density at radius 2 is 2.40 bits per heavy atom. The van der Waals surface area contributed by atoms with Gasteiger partial charge in [0.1, 0.15) is 0 Å². The highest BCUT2D eigenvalue weighted by molar-refractivity contribution is 5.92. The van der Waals surface area contributed by atoms with Crippen LogP contribution in [0.15, 0.2) is 17.8 Å². The number of carbonyl (C=O) groups is 1. The van der Waals surface area contributed by atoms with E-state index in [1.54, 1.807) is 6.92 Å². The number of oxime groups is 1. The van der Waals surface area contributed by atoms with E-state index in [-0.39, 0.29) is 0 Å². The van der Waals surface area contributed by atoms with Gasteiger partial charge in [0.2, 0.25) is 0 Å². The monoisotopic (exact) mass is 142 g/mol. The SMILES string of the molecule is C=C/C(C)=N/OC(=O)NC. The molecule has 0 saturated carbocycles. The lowest BCUT2D eigenvalue weighted by atomic mass is 10.4. The predicted octanol–water partition coefficient (Wildman–Crippen LogP) is 0.904. The number of nitrogens with one attached hydrogen (secondary N) is 1. The van der Waals surface area contributed by atoms with Crippen LogP contribution in [-0.4, -0.2) is 18.9 Å². The van der Waals surface area contributed by atoms with Crippen LogP contribution < -0.4 is 5.32 Å². The molecule has 56 valence electrons. The van der Waals surface area contributed by atoms with Crippen LogP contribution in [0.3, 0.4) is 0 Å². The van der Waals surface area contributed by atoms with Crippen molar-refractivity contribution in [1.29, 1.82) is 0 Å². The Morgan fingerprint density at radius 3 is 2.80 bits per heavy atom. The number of hydrogen-bond acceptors (Lipinski definition) is 3. The lowest BCUT2D eigenvalue weighted by Gasteiger charge is -1.93. The van der Waals surface area contributed by atoms with Crippen molar-refractivity contribution in [2.45, 2.75) is 6.92 Å². The molecule has 0 aliphatic rings. The van der Waals surface area contributed by atoms with Crippen LogP contribution >= 0.6 is 0 Å². The molecule has 0 heterocycles. The summed E-state index contributed by atoms with van der Waals surface area (Å²) >= 11 is 0. The summed E-state index contributed by atoms with van der Waals surface area (Å²) in [4.78, 5) is 14.7. The first-order valence-electron chi connectivity index (χ1n) is 2.76. The van der Waals surface area contributed by atoms with Gasteiger partial charge in [-0.3, -0.25) is 4.84 Å². The third-order valence-corrected chi connectivity index (χ3v) is 0.772. The molecule has 0 saturated heterocycles. The minimum atomic E-state index is -0.582. The van der Waals surface area contributed by atoms with Gasteiger partial charge in [-0.15, -0.1) is 0 Å². The molecular formula is C6H10N2O2. The zero-order valence-electron chi connectivity index (χ0n) is 6.05. The first-order chi connectivity index (χ1) is 4.70. The highest BCUT2D eigenvalue weighted by Gasteiger charge is 1.93. The summed E-state index contributed by atoms with van der Waals surface area (Å²) in [5, 5.41) is 5.64. The summed E-state index contributed by atoms with van der Waals surface area (Å²) in [5.74, 6) is 0. The van der Waals surface area contributed by atoms with Gasteiger partial charge in [-0.25, -0.2) is 4.79 Å². The van der Waals surface area contributed by atoms with Crippen LogP contribution in [-0.2, 0) is 4.84 Å². The van der Waals surface area contributed by atoms with Crippen molar-refractivity contribution in [3.05, 3.63) is 12.7 Å². The molecule has 0 aliphatic carbocycles. The van der Waals surface area contributed by atoms with Crippen molar-refractivity contribution >= 4 is 11.8 Å². The van der Waals surface area contributed by atoms with Crippen LogP contribution in [0.25, 0.3) is 0 Å². The van der Waals surface area contributed by atoms with Crippen molar-refractivity contribution in [2.75, 3.05) is 7.05 Å². The Morgan fingerprint density at radius 1 is 1.80 bits per heavy atom. The first kappa shape index (κ1) is 8.68. The van der Waals surface area contributed by atoms with Gasteiger partial charge in [-0.2, -0.15) is 0 Å². The molecule has 1 N–H and O–H groups in total. The number of carbonyl (C=O) groups excluding carboxylic acids is 1. The molecule has 0 bridgehead atoms. The fourth-order valence-electron chi connectivity index (χ4n) is 0.196. The molecule has 0 atom stereocenters. The van der Waals surface area contributed by atoms with Gasteiger partial charge in [-0.1, -0.05) is 11.7 Å². The molecule has 0 spiro atoms. The first-order valence-corrected chi connectivity index (χ1v) is 2.76. The average Bonchev–Trinajstić information content (AvgIpc) is 1.99. The molecule has 0 aromatic heterocycles. The molecule has 0 unspecified atom stereocenters. The molecule has 4 heteroatoms. The van der Waals surface area contributed by atoms with Crippen molar-refractivity contribution in [2.24, 2.45) is 5.16 Å². The van der Waals surface area contributed by atoms with Crippen LogP contribution in [0, 0.1) is 0 Å². The van der Waals surface area contributed by atoms with Crippen LogP contribution in [0.4, 0.5) is 4.79 Å². The van der Waals surface area contributed by atoms with Gasteiger partial charge in [0.25, 0.3) is 0 Å². The van der Waals surface area contributed by atoms with E-state index in [1.165, 1.54) is 13.1 Å². The summed E-state index contributed by atoms with van der Waals surface area (Å²) in [6, 6.07) is 0. The number of allylic oxidation sites excluding steroid dienone is 1. The van der Waals surface area contributed by atoms with Crippen LogP contribution in [0.1, 0.15) is 6.92 Å². The molecule has 10 heavy (non-hydrogen) atoms. The van der Waals surface area contributed by atoms with Crippen LogP contribution in [0.2, 0.25) is 0 Å². The Kier molecular flexibility index (Phi) is 3.95. The van der Waals surface area contributed by atoms with E-state index in [1.807, 2.05) is 0 Å².